The molecule has 14 heavy (non-hydrogen) atoms. The minimum atomic E-state index is 0.100. The number of hydrogen-bond donors (Lipinski definition) is 1. The smallest absolute Gasteiger partial charge is 0.223 e. The van der Waals surface area contributed by atoms with Gasteiger partial charge in [-0.2, -0.15) is 0 Å². The van der Waals surface area contributed by atoms with E-state index in [0.717, 1.165) is 6.42 Å². The third kappa shape index (κ3) is 5.63. The topological polar surface area (TPSA) is 29.1 Å². The number of carbonyl (C=O) groups is 1. The molecule has 0 heterocycles. The van der Waals surface area contributed by atoms with Crippen molar-refractivity contribution in [3.63, 3.8) is 0 Å². The maximum Gasteiger partial charge on any atom is 0.223 e. The highest BCUT2D eigenvalue weighted by Crippen LogP contribution is 2.11. The summed E-state index contributed by atoms with van der Waals surface area (Å²) in [5.74, 6) is 0.673. The molecule has 3 atom stereocenters. The van der Waals surface area contributed by atoms with Gasteiger partial charge in [-0.1, -0.05) is 43.6 Å². The van der Waals surface area contributed by atoms with Gasteiger partial charge >= 0.3 is 0 Å². The van der Waals surface area contributed by atoms with Crippen LogP contribution in [0.15, 0.2) is 0 Å². The monoisotopic (exact) mass is 263 g/mol. The average molecular weight is 264 g/mol. The van der Waals surface area contributed by atoms with E-state index in [0.29, 0.717) is 10.7 Å². The largest absolute Gasteiger partial charge is 0.353 e. The zero-order valence-corrected chi connectivity index (χ0v) is 11.4. The maximum atomic E-state index is 11.6. The van der Waals surface area contributed by atoms with Crippen molar-refractivity contribution in [1.82, 2.24) is 5.32 Å². The third-order valence-corrected chi connectivity index (χ3v) is 2.85. The summed E-state index contributed by atoms with van der Waals surface area (Å²) in [6.45, 7) is 10.3. The molecule has 0 fully saturated rings. The van der Waals surface area contributed by atoms with Gasteiger partial charge < -0.3 is 5.32 Å². The van der Waals surface area contributed by atoms with Gasteiger partial charge in [-0.05, 0) is 19.3 Å². The van der Waals surface area contributed by atoms with E-state index >= 15 is 0 Å². The van der Waals surface area contributed by atoms with E-state index < -0.39 is 0 Å². The fourth-order valence-electron chi connectivity index (χ4n) is 1.22. The number of hydrogen-bond acceptors (Lipinski definition) is 1. The number of amides is 1. The van der Waals surface area contributed by atoms with Gasteiger partial charge in [-0.15, -0.1) is 0 Å². The van der Waals surface area contributed by atoms with Gasteiger partial charge in [0.25, 0.3) is 0 Å². The van der Waals surface area contributed by atoms with E-state index in [1.54, 1.807) is 0 Å². The minimum absolute atomic E-state index is 0.100. The van der Waals surface area contributed by atoms with Gasteiger partial charge in [0, 0.05) is 16.8 Å². The Morgan fingerprint density at radius 1 is 1.21 bits per heavy atom. The molecule has 3 heteroatoms. The van der Waals surface area contributed by atoms with E-state index in [4.69, 9.17) is 0 Å². The molecule has 0 aromatic rings. The van der Waals surface area contributed by atoms with Crippen LogP contribution in [0.2, 0.25) is 0 Å². The Hall–Kier alpha value is -0.0500. The predicted octanol–water partition coefficient (Wildman–Crippen LogP) is 2.96. The van der Waals surface area contributed by atoms with Crippen LogP contribution in [0.3, 0.4) is 0 Å². The fourth-order valence-corrected chi connectivity index (χ4v) is 1.78. The van der Waals surface area contributed by atoms with E-state index in [1.807, 2.05) is 13.8 Å². The number of rotatable bonds is 5. The highest BCUT2D eigenvalue weighted by atomic mass is 79.9. The summed E-state index contributed by atoms with van der Waals surface area (Å²) in [6.07, 6.45) is 0.969. The lowest BCUT2D eigenvalue weighted by molar-refractivity contribution is -0.126. The summed E-state index contributed by atoms with van der Waals surface area (Å²) in [6, 6.07) is 0.248. The van der Waals surface area contributed by atoms with Crippen LogP contribution in [0.1, 0.15) is 41.0 Å². The molecule has 0 aromatic heterocycles. The Kier molecular flexibility index (Phi) is 6.41. The van der Waals surface area contributed by atoms with E-state index in [2.05, 4.69) is 42.0 Å². The molecule has 1 amide bonds. The van der Waals surface area contributed by atoms with Crippen molar-refractivity contribution in [2.24, 2.45) is 11.8 Å². The summed E-state index contributed by atoms with van der Waals surface area (Å²) in [7, 11) is 0. The summed E-state index contributed by atoms with van der Waals surface area (Å²) in [5.41, 5.74) is 0. The SMILES string of the molecule is CC(Br)CC(C)NC(=O)C(C)C(C)C. The van der Waals surface area contributed by atoms with Crippen LogP contribution in [-0.4, -0.2) is 16.8 Å². The lowest BCUT2D eigenvalue weighted by Gasteiger charge is -2.20. The molecule has 2 nitrogen and oxygen atoms in total. The van der Waals surface area contributed by atoms with Gasteiger partial charge in [-0.25, -0.2) is 0 Å². The van der Waals surface area contributed by atoms with E-state index in [-0.39, 0.29) is 17.9 Å². The maximum absolute atomic E-state index is 11.6. The molecule has 3 unspecified atom stereocenters. The molecule has 0 saturated carbocycles. The van der Waals surface area contributed by atoms with Crippen LogP contribution in [0.4, 0.5) is 0 Å². The van der Waals surface area contributed by atoms with Crippen molar-refractivity contribution in [1.29, 1.82) is 0 Å². The quantitative estimate of drug-likeness (QED) is 0.760. The molecular weight excluding hydrogens is 242 g/mol. The molecule has 0 rings (SSSR count). The highest BCUT2D eigenvalue weighted by Gasteiger charge is 2.18. The van der Waals surface area contributed by atoms with Crippen LogP contribution in [-0.2, 0) is 4.79 Å². The average Bonchev–Trinajstić information content (AvgIpc) is 2.00. The van der Waals surface area contributed by atoms with Crippen molar-refractivity contribution in [2.75, 3.05) is 0 Å². The van der Waals surface area contributed by atoms with E-state index in [9.17, 15) is 4.79 Å². The predicted molar refractivity (Wildman–Crippen MR) is 64.6 cm³/mol. The lowest BCUT2D eigenvalue weighted by atomic mass is 9.97. The molecule has 0 aliphatic rings. The molecule has 0 aliphatic heterocycles. The third-order valence-electron chi connectivity index (χ3n) is 2.48. The summed E-state index contributed by atoms with van der Waals surface area (Å²) < 4.78 is 0. The molecule has 0 aromatic carbocycles. The lowest BCUT2D eigenvalue weighted by Crippen LogP contribution is -2.38. The van der Waals surface area contributed by atoms with Crippen molar-refractivity contribution < 1.29 is 4.79 Å². The van der Waals surface area contributed by atoms with Crippen molar-refractivity contribution >= 4 is 21.8 Å². The van der Waals surface area contributed by atoms with Crippen LogP contribution in [0.5, 0.6) is 0 Å². The standard InChI is InChI=1S/C11H22BrNO/c1-7(2)10(5)11(14)13-9(4)6-8(3)12/h7-10H,6H2,1-5H3,(H,13,14). The van der Waals surface area contributed by atoms with Crippen LogP contribution in [0.25, 0.3) is 0 Å². The number of alkyl halides is 1. The molecule has 1 N–H and O–H groups in total. The van der Waals surface area contributed by atoms with Gasteiger partial charge in [-0.3, -0.25) is 4.79 Å². The molecular formula is C11H22BrNO. The highest BCUT2D eigenvalue weighted by molar-refractivity contribution is 9.09. The van der Waals surface area contributed by atoms with Crippen LogP contribution in [0, 0.1) is 11.8 Å². The summed E-state index contributed by atoms with van der Waals surface area (Å²) in [5, 5.41) is 3.02. The van der Waals surface area contributed by atoms with Crippen LogP contribution >= 0.6 is 15.9 Å². The first kappa shape index (κ1) is 13.9. The molecule has 84 valence electrons. The Morgan fingerprint density at radius 3 is 2.07 bits per heavy atom. The van der Waals surface area contributed by atoms with Crippen molar-refractivity contribution in [3.8, 4) is 0 Å². The van der Waals surface area contributed by atoms with Gasteiger partial charge in [0.2, 0.25) is 5.91 Å². The number of halogens is 1. The fraction of sp³-hybridized carbons (Fsp3) is 0.909. The second kappa shape index (κ2) is 6.44. The van der Waals surface area contributed by atoms with Crippen molar-refractivity contribution in [2.45, 2.75) is 51.9 Å². The molecule has 0 bridgehead atoms. The van der Waals surface area contributed by atoms with Gasteiger partial charge in [0.05, 0.1) is 0 Å². The van der Waals surface area contributed by atoms with Gasteiger partial charge in [0.1, 0.15) is 0 Å². The number of nitrogens with one attached hydrogen (secondary N) is 1. The summed E-state index contributed by atoms with van der Waals surface area (Å²) in [4.78, 5) is 12.1. The molecule has 0 spiro atoms. The minimum Gasteiger partial charge on any atom is -0.353 e. The van der Waals surface area contributed by atoms with Crippen LogP contribution < -0.4 is 5.32 Å². The Morgan fingerprint density at radius 2 is 1.71 bits per heavy atom. The number of carbonyl (C=O) groups excluding carboxylic acids is 1. The Balaban J connectivity index is 3.93. The molecule has 0 saturated heterocycles. The van der Waals surface area contributed by atoms with Gasteiger partial charge in [0.15, 0.2) is 0 Å². The Bertz CT molecular complexity index is 180. The summed E-state index contributed by atoms with van der Waals surface area (Å²) >= 11 is 3.48. The second-order valence-corrected chi connectivity index (χ2v) is 6.02. The second-order valence-electron chi connectivity index (χ2n) is 4.46. The van der Waals surface area contributed by atoms with Crippen molar-refractivity contribution in [3.05, 3.63) is 0 Å². The van der Waals surface area contributed by atoms with E-state index in [1.165, 1.54) is 0 Å². The molecule has 0 radical (unpaired) electrons. The Labute approximate surface area is 96.0 Å². The first-order chi connectivity index (χ1) is 6.34. The normalized spacial score (nSPS) is 17.6. The first-order valence-corrected chi connectivity index (χ1v) is 6.20. The molecule has 0 aliphatic carbocycles. The zero-order valence-electron chi connectivity index (χ0n) is 9.80. The first-order valence-electron chi connectivity index (χ1n) is 5.29. The zero-order chi connectivity index (χ0) is 11.3.